The molecule has 0 aliphatic carbocycles. The van der Waals surface area contributed by atoms with E-state index in [2.05, 4.69) is 19.2 Å². The molecule has 0 radical (unpaired) electrons. The maximum absolute atomic E-state index is 13.1. The average Bonchev–Trinajstić information content (AvgIpc) is 2.79. The number of hydrogen-bond acceptors (Lipinski definition) is 4. The van der Waals surface area contributed by atoms with E-state index in [9.17, 15) is 9.59 Å². The van der Waals surface area contributed by atoms with E-state index in [1.807, 2.05) is 55.5 Å². The molecule has 0 saturated heterocycles. The van der Waals surface area contributed by atoms with Crippen molar-refractivity contribution in [3.8, 4) is 11.5 Å². The van der Waals surface area contributed by atoms with Gasteiger partial charge < -0.3 is 19.7 Å². The van der Waals surface area contributed by atoms with Crippen LogP contribution in [0.2, 0.25) is 0 Å². The fourth-order valence-electron chi connectivity index (χ4n) is 3.12. The van der Waals surface area contributed by atoms with E-state index in [0.29, 0.717) is 24.0 Å². The quantitative estimate of drug-likeness (QED) is 0.586. The van der Waals surface area contributed by atoms with Crippen LogP contribution in [0.4, 0.5) is 0 Å². The number of ether oxygens (including phenoxy) is 2. The van der Waals surface area contributed by atoms with Gasteiger partial charge in [0.1, 0.15) is 17.5 Å². The molecule has 0 spiro atoms. The smallest absolute Gasteiger partial charge is 0.261 e. The lowest BCUT2D eigenvalue weighted by molar-refractivity contribution is -0.142. The normalized spacial score (nSPS) is 11.7. The third-order valence-corrected chi connectivity index (χ3v) is 5.11. The molecule has 0 aromatic heterocycles. The summed E-state index contributed by atoms with van der Waals surface area (Å²) < 4.78 is 11.0. The monoisotopic (exact) mass is 426 g/mol. The Morgan fingerprint density at radius 3 is 2.35 bits per heavy atom. The van der Waals surface area contributed by atoms with Crippen molar-refractivity contribution in [2.24, 2.45) is 0 Å². The topological polar surface area (TPSA) is 67.9 Å². The Balaban J connectivity index is 2.13. The minimum absolute atomic E-state index is 0.142. The van der Waals surface area contributed by atoms with Crippen molar-refractivity contribution in [3.63, 3.8) is 0 Å². The Bertz CT molecular complexity index is 849. The summed E-state index contributed by atoms with van der Waals surface area (Å²) in [6.07, 6.45) is 0.831. The molecule has 1 atom stereocenters. The second-order valence-corrected chi connectivity index (χ2v) is 7.85. The van der Waals surface area contributed by atoms with Crippen LogP contribution in [0, 0.1) is 0 Å². The van der Waals surface area contributed by atoms with Gasteiger partial charge in [-0.3, -0.25) is 9.59 Å². The first-order valence-corrected chi connectivity index (χ1v) is 10.8. The maximum Gasteiger partial charge on any atom is 0.261 e. The molecule has 0 saturated carbocycles. The number of benzene rings is 2. The Labute approximate surface area is 185 Å². The molecular weight excluding hydrogens is 392 g/mol. The maximum atomic E-state index is 13.1. The second-order valence-electron chi connectivity index (χ2n) is 7.85. The lowest BCUT2D eigenvalue weighted by atomic mass is 10.0. The molecular formula is C25H34N2O4. The van der Waals surface area contributed by atoms with E-state index in [0.717, 1.165) is 12.0 Å². The Morgan fingerprint density at radius 2 is 1.74 bits per heavy atom. The molecule has 2 aromatic carbocycles. The largest absolute Gasteiger partial charge is 0.497 e. The van der Waals surface area contributed by atoms with E-state index in [4.69, 9.17) is 9.47 Å². The van der Waals surface area contributed by atoms with Gasteiger partial charge in [-0.25, -0.2) is 0 Å². The van der Waals surface area contributed by atoms with E-state index >= 15 is 0 Å². The number of nitrogens with zero attached hydrogens (tertiary/aromatic N) is 1. The highest BCUT2D eigenvalue weighted by molar-refractivity contribution is 5.87. The highest BCUT2D eigenvalue weighted by Gasteiger charge is 2.26. The van der Waals surface area contributed by atoms with Crippen LogP contribution in [-0.2, 0) is 16.1 Å². The summed E-state index contributed by atoms with van der Waals surface area (Å²) in [6, 6.07) is 14.6. The van der Waals surface area contributed by atoms with Gasteiger partial charge in [0.15, 0.2) is 6.61 Å². The van der Waals surface area contributed by atoms with Gasteiger partial charge in [0, 0.05) is 13.1 Å². The zero-order chi connectivity index (χ0) is 22.8. The lowest BCUT2D eigenvalue weighted by Crippen LogP contribution is -2.49. The fraction of sp³-hybridized carbons (Fsp3) is 0.440. The van der Waals surface area contributed by atoms with Crippen molar-refractivity contribution in [2.75, 3.05) is 20.3 Å². The van der Waals surface area contributed by atoms with E-state index < -0.39 is 6.04 Å². The first-order valence-electron chi connectivity index (χ1n) is 10.8. The summed E-state index contributed by atoms with van der Waals surface area (Å²) in [7, 11) is 1.60. The number of carbonyl (C=O) groups excluding carboxylic acids is 2. The van der Waals surface area contributed by atoms with Crippen LogP contribution in [0.5, 0.6) is 11.5 Å². The number of rotatable bonds is 11. The van der Waals surface area contributed by atoms with E-state index in [-0.39, 0.29) is 25.0 Å². The molecule has 0 aliphatic heterocycles. The fourth-order valence-corrected chi connectivity index (χ4v) is 3.12. The summed E-state index contributed by atoms with van der Waals surface area (Å²) >= 11 is 0. The standard InChI is InChI=1S/C25H34N2O4/c1-6-14-26-25(29)19(4)27(16-20-8-7-9-23(15-20)30-5)24(28)17-31-22-12-10-21(11-13-22)18(2)3/h7-13,15,18-19H,6,14,16-17H2,1-5H3,(H,26,29)/t19-/m1/s1. The van der Waals surface area contributed by atoms with Crippen molar-refractivity contribution < 1.29 is 19.1 Å². The third-order valence-electron chi connectivity index (χ3n) is 5.11. The third kappa shape index (κ3) is 7.31. The summed E-state index contributed by atoms with van der Waals surface area (Å²) in [5.41, 5.74) is 2.09. The van der Waals surface area contributed by atoms with Crippen LogP contribution in [0.15, 0.2) is 48.5 Å². The van der Waals surface area contributed by atoms with Gasteiger partial charge in [0.2, 0.25) is 5.91 Å². The van der Waals surface area contributed by atoms with Gasteiger partial charge in [0.05, 0.1) is 7.11 Å². The number of amides is 2. The average molecular weight is 427 g/mol. The number of hydrogen-bond donors (Lipinski definition) is 1. The summed E-state index contributed by atoms with van der Waals surface area (Å²) in [5, 5.41) is 2.87. The predicted octanol–water partition coefficient (Wildman–Crippen LogP) is 4.14. The Morgan fingerprint density at radius 1 is 1.03 bits per heavy atom. The molecule has 0 fully saturated rings. The molecule has 6 heteroatoms. The highest BCUT2D eigenvalue weighted by atomic mass is 16.5. The van der Waals surface area contributed by atoms with Crippen molar-refractivity contribution in [1.29, 1.82) is 0 Å². The van der Waals surface area contributed by atoms with Gasteiger partial charge in [-0.15, -0.1) is 0 Å². The number of methoxy groups -OCH3 is 1. The highest BCUT2D eigenvalue weighted by Crippen LogP contribution is 2.19. The molecule has 168 valence electrons. The molecule has 2 amide bonds. The number of carbonyl (C=O) groups is 2. The molecule has 2 aromatic rings. The summed E-state index contributed by atoms with van der Waals surface area (Å²) in [6.45, 7) is 8.69. The van der Waals surface area contributed by atoms with Crippen LogP contribution < -0.4 is 14.8 Å². The summed E-state index contributed by atoms with van der Waals surface area (Å²) in [5.74, 6) is 1.32. The van der Waals surface area contributed by atoms with Crippen molar-refractivity contribution in [1.82, 2.24) is 10.2 Å². The SMILES string of the molecule is CCCNC(=O)[C@@H](C)N(Cc1cccc(OC)c1)C(=O)COc1ccc(C(C)C)cc1. The first-order chi connectivity index (χ1) is 14.8. The molecule has 1 N–H and O–H groups in total. The molecule has 2 rings (SSSR count). The molecule has 0 aliphatic rings. The van der Waals surface area contributed by atoms with Crippen molar-refractivity contribution >= 4 is 11.8 Å². The van der Waals surface area contributed by atoms with Crippen LogP contribution in [0.1, 0.15) is 51.2 Å². The van der Waals surface area contributed by atoms with Crippen LogP contribution in [0.25, 0.3) is 0 Å². The Kier molecular flexibility index (Phi) is 9.38. The summed E-state index contributed by atoms with van der Waals surface area (Å²) in [4.78, 5) is 27.2. The minimum atomic E-state index is -0.628. The second kappa shape index (κ2) is 12.0. The minimum Gasteiger partial charge on any atom is -0.497 e. The predicted molar refractivity (Wildman–Crippen MR) is 122 cm³/mol. The van der Waals surface area contributed by atoms with Crippen molar-refractivity contribution in [2.45, 2.75) is 52.6 Å². The van der Waals surface area contributed by atoms with Crippen LogP contribution in [-0.4, -0.2) is 43.0 Å². The van der Waals surface area contributed by atoms with Crippen LogP contribution in [0.3, 0.4) is 0 Å². The zero-order valence-electron chi connectivity index (χ0n) is 19.2. The van der Waals surface area contributed by atoms with Gasteiger partial charge in [-0.1, -0.05) is 45.0 Å². The van der Waals surface area contributed by atoms with Crippen LogP contribution >= 0.6 is 0 Å². The zero-order valence-corrected chi connectivity index (χ0v) is 19.2. The van der Waals surface area contributed by atoms with E-state index in [1.54, 1.807) is 18.9 Å². The van der Waals surface area contributed by atoms with E-state index in [1.165, 1.54) is 5.56 Å². The van der Waals surface area contributed by atoms with Gasteiger partial charge in [-0.05, 0) is 54.7 Å². The van der Waals surface area contributed by atoms with Crippen molar-refractivity contribution in [3.05, 3.63) is 59.7 Å². The Hall–Kier alpha value is -3.02. The first kappa shape index (κ1) is 24.3. The molecule has 0 unspecified atom stereocenters. The molecule has 6 nitrogen and oxygen atoms in total. The molecule has 0 heterocycles. The van der Waals surface area contributed by atoms with Gasteiger partial charge in [0.25, 0.3) is 5.91 Å². The number of nitrogens with one attached hydrogen (secondary N) is 1. The molecule has 31 heavy (non-hydrogen) atoms. The molecule has 0 bridgehead atoms. The van der Waals surface area contributed by atoms with Gasteiger partial charge in [-0.2, -0.15) is 0 Å². The lowest BCUT2D eigenvalue weighted by Gasteiger charge is -2.29. The van der Waals surface area contributed by atoms with Gasteiger partial charge >= 0.3 is 0 Å².